The number of hydrogen-bond acceptors (Lipinski definition) is 6. The highest BCUT2D eigenvalue weighted by Crippen LogP contribution is 2.38. The quantitative estimate of drug-likeness (QED) is 0.257. The van der Waals surface area contributed by atoms with E-state index in [-0.39, 0.29) is 36.7 Å². The molecule has 1 N–H and O–H groups in total. The number of fused-ring (bicyclic) bond motifs is 4. The van der Waals surface area contributed by atoms with E-state index in [4.69, 9.17) is 4.74 Å². The molecular formula is C29H27F5N6O2. The van der Waals surface area contributed by atoms with Crippen LogP contribution in [0.15, 0.2) is 30.3 Å². The Morgan fingerprint density at radius 2 is 1.81 bits per heavy atom. The molecule has 0 radical (unpaired) electrons. The summed E-state index contributed by atoms with van der Waals surface area (Å²) < 4.78 is 77.3. The van der Waals surface area contributed by atoms with Gasteiger partial charge in [-0.1, -0.05) is 17.9 Å². The van der Waals surface area contributed by atoms with E-state index in [1.54, 1.807) is 30.0 Å². The van der Waals surface area contributed by atoms with E-state index in [9.17, 15) is 22.4 Å². The van der Waals surface area contributed by atoms with Crippen LogP contribution in [0.5, 0.6) is 0 Å². The van der Waals surface area contributed by atoms with Gasteiger partial charge in [-0.15, -0.1) is 10.2 Å². The number of carbonyl (C=O) groups is 1. The highest BCUT2D eigenvalue weighted by molar-refractivity contribution is 5.94. The van der Waals surface area contributed by atoms with Crippen LogP contribution < -0.4 is 10.2 Å². The summed E-state index contributed by atoms with van der Waals surface area (Å²) in [5.74, 6) is 3.46. The summed E-state index contributed by atoms with van der Waals surface area (Å²) in [4.78, 5) is 19.0. The van der Waals surface area contributed by atoms with Gasteiger partial charge in [-0.05, 0) is 58.9 Å². The number of ether oxygens (including phenoxy) is 1. The first kappa shape index (κ1) is 29.2. The Labute approximate surface area is 237 Å². The molecule has 1 aliphatic rings. The van der Waals surface area contributed by atoms with Crippen molar-refractivity contribution in [3.63, 3.8) is 0 Å². The number of benzene rings is 2. The van der Waals surface area contributed by atoms with Gasteiger partial charge in [-0.25, -0.2) is 8.78 Å². The van der Waals surface area contributed by atoms with Gasteiger partial charge < -0.3 is 15.0 Å². The number of anilines is 2. The third-order valence-corrected chi connectivity index (χ3v) is 7.17. The van der Waals surface area contributed by atoms with Crippen molar-refractivity contribution in [1.82, 2.24) is 24.9 Å². The molecule has 42 heavy (non-hydrogen) atoms. The summed E-state index contributed by atoms with van der Waals surface area (Å²) in [6.07, 6.45) is -4.65. The van der Waals surface area contributed by atoms with Gasteiger partial charge in [0.2, 0.25) is 5.91 Å². The first-order chi connectivity index (χ1) is 19.6. The van der Waals surface area contributed by atoms with E-state index in [0.29, 0.717) is 28.2 Å². The third-order valence-electron chi connectivity index (χ3n) is 7.17. The predicted octanol–water partition coefficient (Wildman–Crippen LogP) is 5.37. The number of amides is 1. The highest BCUT2D eigenvalue weighted by Gasteiger charge is 2.49. The topological polar surface area (TPSA) is 84.7 Å². The number of carbonyl (C=O) groups excluding carboxylic acids is 1. The molecule has 2 aromatic heterocycles. The highest BCUT2D eigenvalue weighted by atomic mass is 19.4. The standard InChI is InChI=1S/C29H27F5N6O2/c1-16-37-38-26-35-24(22-21(40(16)26)10-9-19(30)23(22)31)39-13-14-42-15-18-17(7-6-8-20(18)39)11-12-27(2,3)25(41)36-28(4,5)29(32,33)34/h6-10H,13-15H2,1-5H3,(H,36,41). The minimum atomic E-state index is -4.65. The average Bonchev–Trinajstić information content (AvgIpc) is 3.15. The van der Waals surface area contributed by atoms with Crippen LogP contribution in [0.1, 0.15) is 44.6 Å². The maximum absolute atomic E-state index is 15.4. The van der Waals surface area contributed by atoms with Crippen LogP contribution in [0.2, 0.25) is 0 Å². The lowest BCUT2D eigenvalue weighted by Crippen LogP contribution is -2.56. The maximum atomic E-state index is 15.4. The molecule has 0 spiro atoms. The second-order valence-corrected chi connectivity index (χ2v) is 11.0. The largest absolute Gasteiger partial charge is 0.410 e. The number of nitrogens with one attached hydrogen (secondary N) is 1. The van der Waals surface area contributed by atoms with Gasteiger partial charge >= 0.3 is 6.18 Å². The van der Waals surface area contributed by atoms with E-state index in [0.717, 1.165) is 19.9 Å². The fourth-order valence-corrected chi connectivity index (χ4v) is 4.55. The van der Waals surface area contributed by atoms with E-state index < -0.39 is 34.7 Å². The number of rotatable bonds is 3. The second kappa shape index (κ2) is 10.2. The number of aromatic nitrogens is 4. The van der Waals surface area contributed by atoms with Crippen molar-refractivity contribution in [1.29, 1.82) is 0 Å². The van der Waals surface area contributed by atoms with Crippen LogP contribution >= 0.6 is 0 Å². The van der Waals surface area contributed by atoms with Gasteiger partial charge in [-0.2, -0.15) is 18.2 Å². The average molecular weight is 587 g/mol. The van der Waals surface area contributed by atoms with E-state index in [2.05, 4.69) is 27.0 Å². The first-order valence-electron chi connectivity index (χ1n) is 13.0. The Bertz CT molecular complexity index is 1780. The van der Waals surface area contributed by atoms with Crippen LogP contribution in [0.25, 0.3) is 16.7 Å². The molecule has 0 bridgehead atoms. The molecule has 1 aliphatic heterocycles. The van der Waals surface area contributed by atoms with Crippen LogP contribution in [0.3, 0.4) is 0 Å². The van der Waals surface area contributed by atoms with Crippen LogP contribution in [0, 0.1) is 35.8 Å². The van der Waals surface area contributed by atoms with Crippen LogP contribution in [0.4, 0.5) is 33.5 Å². The molecule has 0 saturated carbocycles. The smallest absolute Gasteiger partial charge is 0.375 e. The summed E-state index contributed by atoms with van der Waals surface area (Å²) in [6, 6.07) is 7.60. The Kier molecular flexibility index (Phi) is 7.09. The van der Waals surface area contributed by atoms with Crippen molar-refractivity contribution in [3.8, 4) is 11.8 Å². The summed E-state index contributed by atoms with van der Waals surface area (Å²) in [6.45, 7) is 6.82. The predicted molar refractivity (Wildman–Crippen MR) is 145 cm³/mol. The van der Waals surface area contributed by atoms with Crippen molar-refractivity contribution in [2.24, 2.45) is 5.41 Å². The number of nitrogens with zero attached hydrogens (tertiary/aromatic N) is 5. The molecule has 0 saturated heterocycles. The van der Waals surface area contributed by atoms with Crippen molar-refractivity contribution < 1.29 is 31.5 Å². The molecule has 13 heteroatoms. The van der Waals surface area contributed by atoms with Gasteiger partial charge in [0.05, 0.1) is 24.1 Å². The maximum Gasteiger partial charge on any atom is 0.410 e. The van der Waals surface area contributed by atoms with Gasteiger partial charge in [0.1, 0.15) is 22.6 Å². The summed E-state index contributed by atoms with van der Waals surface area (Å²) in [7, 11) is 0. The number of hydrogen-bond donors (Lipinski definition) is 1. The van der Waals surface area contributed by atoms with E-state index >= 15 is 4.39 Å². The molecule has 8 nitrogen and oxygen atoms in total. The van der Waals surface area contributed by atoms with Crippen molar-refractivity contribution in [2.45, 2.75) is 52.9 Å². The molecule has 0 unspecified atom stereocenters. The molecule has 2 aromatic carbocycles. The van der Waals surface area contributed by atoms with Crippen molar-refractivity contribution in [2.75, 3.05) is 18.1 Å². The lowest BCUT2D eigenvalue weighted by Gasteiger charge is -2.31. The van der Waals surface area contributed by atoms with Crippen molar-refractivity contribution >= 4 is 34.1 Å². The SMILES string of the molecule is Cc1nnc2nc(N3CCOCc4c(C#CC(C)(C)C(=O)NC(C)(C)C(F)(F)F)cccc43)c3c(F)c(F)ccc3n12. The summed E-state index contributed by atoms with van der Waals surface area (Å²) in [5.41, 5.74) is -2.02. The van der Waals surface area contributed by atoms with Gasteiger partial charge in [0.25, 0.3) is 5.78 Å². The summed E-state index contributed by atoms with van der Waals surface area (Å²) in [5, 5.41) is 10.1. The molecular weight excluding hydrogens is 559 g/mol. The molecule has 3 heterocycles. The van der Waals surface area contributed by atoms with E-state index in [1.807, 2.05) is 5.32 Å². The molecule has 0 aliphatic carbocycles. The molecule has 5 rings (SSSR count). The monoisotopic (exact) mass is 586 g/mol. The number of halogens is 5. The molecule has 220 valence electrons. The number of alkyl halides is 3. The molecule has 0 fully saturated rings. The third kappa shape index (κ3) is 5.00. The van der Waals surface area contributed by atoms with Gasteiger partial charge in [-0.3, -0.25) is 9.20 Å². The Morgan fingerprint density at radius 1 is 1.07 bits per heavy atom. The van der Waals surface area contributed by atoms with Gasteiger partial charge in [0.15, 0.2) is 11.6 Å². The minimum absolute atomic E-state index is 0.0696. The summed E-state index contributed by atoms with van der Waals surface area (Å²) >= 11 is 0. The fraction of sp³-hybridized carbons (Fsp3) is 0.379. The molecule has 1 amide bonds. The minimum Gasteiger partial charge on any atom is -0.375 e. The Balaban J connectivity index is 1.61. The van der Waals surface area contributed by atoms with Gasteiger partial charge in [0, 0.05) is 23.4 Å². The van der Waals surface area contributed by atoms with E-state index in [1.165, 1.54) is 24.3 Å². The zero-order chi connectivity index (χ0) is 30.6. The molecule has 4 aromatic rings. The zero-order valence-electron chi connectivity index (χ0n) is 23.5. The first-order valence-corrected chi connectivity index (χ1v) is 13.0. The van der Waals surface area contributed by atoms with Crippen molar-refractivity contribution in [3.05, 3.63) is 58.9 Å². The van der Waals surface area contributed by atoms with Crippen LogP contribution in [-0.4, -0.2) is 50.4 Å². The van der Waals surface area contributed by atoms with Crippen LogP contribution in [-0.2, 0) is 16.1 Å². The number of aryl methyl sites for hydroxylation is 1. The Morgan fingerprint density at radius 3 is 2.52 bits per heavy atom. The fourth-order valence-electron chi connectivity index (χ4n) is 4.55. The second-order valence-electron chi connectivity index (χ2n) is 11.0. The lowest BCUT2D eigenvalue weighted by atomic mass is 9.90. The lowest BCUT2D eigenvalue weighted by molar-refractivity contribution is -0.189. The zero-order valence-corrected chi connectivity index (χ0v) is 23.5. The Hall–Kier alpha value is -4.31. The molecule has 0 atom stereocenters. The normalized spacial score (nSPS) is 14.4.